The second-order valence-electron chi connectivity index (χ2n) is 4.38. The molecule has 6 heteroatoms. The van der Waals surface area contributed by atoms with E-state index in [-0.39, 0.29) is 10.6 Å². The molecule has 0 fully saturated rings. The lowest BCUT2D eigenvalue weighted by molar-refractivity contribution is -0.00237. The van der Waals surface area contributed by atoms with Crippen molar-refractivity contribution in [3.63, 3.8) is 0 Å². The van der Waals surface area contributed by atoms with Crippen molar-refractivity contribution < 1.29 is 13.6 Å². The summed E-state index contributed by atoms with van der Waals surface area (Å²) >= 11 is 8.98. The number of amides is 1. The van der Waals surface area contributed by atoms with Gasteiger partial charge in [0, 0.05) is 15.6 Å². The van der Waals surface area contributed by atoms with Crippen molar-refractivity contribution >= 4 is 33.4 Å². The normalized spacial score (nSPS) is 11.2. The van der Waals surface area contributed by atoms with E-state index in [0.29, 0.717) is 10.0 Å². The Morgan fingerprint density at radius 1 is 1.19 bits per heavy atom. The summed E-state index contributed by atoms with van der Waals surface area (Å²) in [5, 5.41) is 2.17. The maximum Gasteiger partial charge on any atom is 0.291 e. The van der Waals surface area contributed by atoms with Crippen molar-refractivity contribution in [2.75, 3.05) is 6.54 Å². The molecule has 0 radical (unpaired) electrons. The van der Waals surface area contributed by atoms with Gasteiger partial charge in [-0.15, -0.1) is 0 Å². The van der Waals surface area contributed by atoms with Crippen LogP contribution >= 0.6 is 27.5 Å². The Bertz CT molecular complexity index is 649. The number of carbonyl (C=O) groups excluding carboxylic acids is 1. The van der Waals surface area contributed by atoms with E-state index in [2.05, 4.69) is 21.2 Å². The highest BCUT2D eigenvalue weighted by atomic mass is 79.9. The van der Waals surface area contributed by atoms with E-state index in [9.17, 15) is 13.6 Å². The monoisotopic (exact) mass is 373 g/mol. The van der Waals surface area contributed by atoms with Crippen molar-refractivity contribution in [2.24, 2.45) is 0 Å². The third kappa shape index (κ3) is 4.02. The molecule has 0 aliphatic heterocycles. The van der Waals surface area contributed by atoms with E-state index in [1.165, 1.54) is 18.2 Å². The van der Waals surface area contributed by atoms with Gasteiger partial charge in [-0.3, -0.25) is 4.79 Å². The molecule has 0 aromatic heterocycles. The number of hydrogen-bond donors (Lipinski definition) is 1. The van der Waals surface area contributed by atoms with Crippen LogP contribution in [-0.2, 0) is 5.92 Å². The lowest BCUT2D eigenvalue weighted by atomic mass is 10.1. The molecule has 21 heavy (non-hydrogen) atoms. The third-order valence-electron chi connectivity index (χ3n) is 2.83. The Hall–Kier alpha value is -1.46. The van der Waals surface area contributed by atoms with Gasteiger partial charge in [-0.2, -0.15) is 8.78 Å². The number of halogens is 4. The topological polar surface area (TPSA) is 29.1 Å². The minimum absolute atomic E-state index is 0.0525. The first kappa shape index (κ1) is 15.9. The molecule has 0 atom stereocenters. The van der Waals surface area contributed by atoms with Crippen LogP contribution < -0.4 is 5.32 Å². The minimum atomic E-state index is -3.25. The Balaban J connectivity index is 2.09. The number of benzene rings is 2. The highest BCUT2D eigenvalue weighted by Crippen LogP contribution is 2.34. The van der Waals surface area contributed by atoms with E-state index in [1.54, 1.807) is 30.3 Å². The summed E-state index contributed by atoms with van der Waals surface area (Å²) in [4.78, 5) is 11.8. The van der Waals surface area contributed by atoms with Gasteiger partial charge in [0.25, 0.3) is 11.8 Å². The van der Waals surface area contributed by atoms with Crippen molar-refractivity contribution in [1.29, 1.82) is 0 Å². The standard InChI is InChI=1S/C15H11BrClF2NO/c16-11-6-7-12(13(17)8-11)15(18,19)9-20-14(21)10-4-2-1-3-5-10/h1-8H,9H2,(H,20,21). The third-order valence-corrected chi connectivity index (χ3v) is 3.64. The molecule has 0 aliphatic carbocycles. The number of carbonyl (C=O) groups is 1. The lowest BCUT2D eigenvalue weighted by Gasteiger charge is -2.19. The minimum Gasteiger partial charge on any atom is -0.346 e. The summed E-state index contributed by atoms with van der Waals surface area (Å²) in [5.74, 6) is -3.80. The zero-order valence-electron chi connectivity index (χ0n) is 10.7. The summed E-state index contributed by atoms with van der Waals surface area (Å²) in [6, 6.07) is 12.3. The molecule has 1 N–H and O–H groups in total. The second kappa shape index (κ2) is 6.54. The van der Waals surface area contributed by atoms with Crippen LogP contribution in [0.4, 0.5) is 8.78 Å². The quantitative estimate of drug-likeness (QED) is 0.831. The van der Waals surface area contributed by atoms with E-state index in [4.69, 9.17) is 11.6 Å². The van der Waals surface area contributed by atoms with Gasteiger partial charge >= 0.3 is 0 Å². The van der Waals surface area contributed by atoms with E-state index in [1.807, 2.05) is 0 Å². The zero-order valence-corrected chi connectivity index (χ0v) is 13.1. The molecule has 0 saturated carbocycles. The molecule has 1 amide bonds. The van der Waals surface area contributed by atoms with Gasteiger partial charge in [-0.25, -0.2) is 0 Å². The van der Waals surface area contributed by atoms with Crippen molar-refractivity contribution in [2.45, 2.75) is 5.92 Å². The van der Waals surface area contributed by atoms with Crippen LogP contribution in [0.5, 0.6) is 0 Å². The summed E-state index contributed by atoms with van der Waals surface area (Å²) in [7, 11) is 0. The number of nitrogens with one attached hydrogen (secondary N) is 1. The van der Waals surface area contributed by atoms with Gasteiger partial charge in [0.15, 0.2) is 0 Å². The Kier molecular flexibility index (Phi) is 4.96. The van der Waals surface area contributed by atoms with Crippen LogP contribution in [0.3, 0.4) is 0 Å². The predicted molar refractivity (Wildman–Crippen MR) is 81.8 cm³/mol. The fourth-order valence-electron chi connectivity index (χ4n) is 1.76. The van der Waals surface area contributed by atoms with Crippen LogP contribution in [0.15, 0.2) is 53.0 Å². The van der Waals surface area contributed by atoms with Crippen molar-refractivity contribution in [1.82, 2.24) is 5.32 Å². The molecule has 0 saturated heterocycles. The fraction of sp³-hybridized carbons (Fsp3) is 0.133. The lowest BCUT2D eigenvalue weighted by Crippen LogP contribution is -2.35. The highest BCUT2D eigenvalue weighted by molar-refractivity contribution is 9.10. The van der Waals surface area contributed by atoms with Crippen molar-refractivity contribution in [3.05, 3.63) is 69.2 Å². The SMILES string of the molecule is O=C(NCC(F)(F)c1ccc(Br)cc1Cl)c1ccccc1. The largest absolute Gasteiger partial charge is 0.346 e. The molecule has 2 aromatic carbocycles. The van der Waals surface area contributed by atoms with Crippen molar-refractivity contribution in [3.8, 4) is 0 Å². The first-order chi connectivity index (χ1) is 9.90. The highest BCUT2D eigenvalue weighted by Gasteiger charge is 2.34. The van der Waals surface area contributed by atoms with Gasteiger partial charge in [-0.1, -0.05) is 51.8 Å². The summed E-state index contributed by atoms with van der Waals surface area (Å²) in [6.45, 7) is -0.817. The first-order valence-corrected chi connectivity index (χ1v) is 7.24. The van der Waals surface area contributed by atoms with Gasteiger partial charge in [0.2, 0.25) is 0 Å². The van der Waals surface area contributed by atoms with E-state index >= 15 is 0 Å². The molecule has 0 aliphatic rings. The van der Waals surface area contributed by atoms with Crippen LogP contribution in [0.25, 0.3) is 0 Å². The second-order valence-corrected chi connectivity index (χ2v) is 5.70. The maximum atomic E-state index is 14.1. The predicted octanol–water partition coefficient (Wildman–Crippen LogP) is 4.62. The molecule has 0 heterocycles. The van der Waals surface area contributed by atoms with E-state index < -0.39 is 18.4 Å². The molecule has 0 unspecified atom stereocenters. The van der Waals surface area contributed by atoms with Gasteiger partial charge in [0.1, 0.15) is 0 Å². The summed E-state index contributed by atoms with van der Waals surface area (Å²) in [5.41, 5.74) is 0.0101. The van der Waals surface area contributed by atoms with Crippen LogP contribution in [0.1, 0.15) is 15.9 Å². The van der Waals surface area contributed by atoms with Gasteiger partial charge in [-0.05, 0) is 24.3 Å². The number of rotatable bonds is 4. The molecule has 2 aromatic rings. The fourth-order valence-corrected chi connectivity index (χ4v) is 2.58. The average molecular weight is 375 g/mol. The van der Waals surface area contributed by atoms with E-state index in [0.717, 1.165) is 0 Å². The maximum absolute atomic E-state index is 14.1. The van der Waals surface area contributed by atoms with Gasteiger partial charge < -0.3 is 5.32 Å². The molecular formula is C15H11BrClF2NO. The first-order valence-electron chi connectivity index (χ1n) is 6.07. The molecule has 0 bridgehead atoms. The summed E-state index contributed by atoms with van der Waals surface area (Å²) in [6.07, 6.45) is 0. The molecule has 110 valence electrons. The average Bonchev–Trinajstić information content (AvgIpc) is 2.45. The molecular weight excluding hydrogens is 364 g/mol. The van der Waals surface area contributed by atoms with Crippen LogP contribution in [0.2, 0.25) is 5.02 Å². The number of alkyl halides is 2. The van der Waals surface area contributed by atoms with Gasteiger partial charge in [0.05, 0.1) is 11.6 Å². The summed E-state index contributed by atoms with van der Waals surface area (Å²) < 4.78 is 28.8. The Labute approximate surface area is 134 Å². The van der Waals surface area contributed by atoms with Crippen LogP contribution in [0, 0.1) is 0 Å². The molecule has 0 spiro atoms. The zero-order chi connectivity index (χ0) is 15.5. The number of hydrogen-bond acceptors (Lipinski definition) is 1. The molecule has 2 rings (SSSR count). The smallest absolute Gasteiger partial charge is 0.291 e. The van der Waals surface area contributed by atoms with Crippen LogP contribution in [-0.4, -0.2) is 12.5 Å². The Morgan fingerprint density at radius 3 is 2.48 bits per heavy atom. The molecule has 2 nitrogen and oxygen atoms in total. The Morgan fingerprint density at radius 2 is 1.86 bits per heavy atom.